The molecule has 0 bridgehead atoms. The molecule has 1 atom stereocenters. The first kappa shape index (κ1) is 11.5. The van der Waals surface area contributed by atoms with Gasteiger partial charge in [0.15, 0.2) is 5.43 Å². The molecule has 0 aliphatic heterocycles. The first-order chi connectivity index (χ1) is 8.02. The summed E-state index contributed by atoms with van der Waals surface area (Å²) in [7, 11) is 0. The van der Waals surface area contributed by atoms with E-state index in [1.54, 1.807) is 0 Å². The van der Waals surface area contributed by atoms with E-state index in [-0.39, 0.29) is 33.8 Å². The van der Waals surface area contributed by atoms with Crippen LogP contribution in [0.5, 0.6) is 11.5 Å². The Kier molecular flexibility index (Phi) is 2.79. The molecule has 0 spiro atoms. The van der Waals surface area contributed by atoms with E-state index in [1.165, 1.54) is 12.1 Å². The minimum atomic E-state index is -0.293. The van der Waals surface area contributed by atoms with Crippen molar-refractivity contribution < 1.29 is 14.6 Å². The number of hydrogen-bond acceptors (Lipinski definition) is 4. The molecule has 90 valence electrons. The highest BCUT2D eigenvalue weighted by molar-refractivity contribution is 5.84. The quantitative estimate of drug-likeness (QED) is 0.838. The summed E-state index contributed by atoms with van der Waals surface area (Å²) >= 11 is 0. The first-order valence-corrected chi connectivity index (χ1v) is 5.52. The average Bonchev–Trinajstić information content (AvgIpc) is 2.26. The van der Waals surface area contributed by atoms with Gasteiger partial charge >= 0.3 is 0 Å². The van der Waals surface area contributed by atoms with Crippen LogP contribution in [0.3, 0.4) is 0 Å². The second-order valence-corrected chi connectivity index (χ2v) is 4.16. The van der Waals surface area contributed by atoms with Gasteiger partial charge in [-0.25, -0.2) is 0 Å². The monoisotopic (exact) mass is 234 g/mol. The highest BCUT2D eigenvalue weighted by Crippen LogP contribution is 2.29. The average molecular weight is 234 g/mol. The molecular formula is C13H14O4. The smallest absolute Gasteiger partial charge is 0.196 e. The zero-order valence-electron chi connectivity index (χ0n) is 9.73. The van der Waals surface area contributed by atoms with Crippen molar-refractivity contribution in [1.29, 1.82) is 0 Å². The number of benzene rings is 1. The van der Waals surface area contributed by atoms with Gasteiger partial charge in [-0.2, -0.15) is 0 Å². The molecule has 1 aromatic heterocycles. The molecule has 0 aliphatic carbocycles. The van der Waals surface area contributed by atoms with Crippen LogP contribution in [-0.2, 0) is 0 Å². The van der Waals surface area contributed by atoms with Crippen LogP contribution in [0.15, 0.2) is 27.4 Å². The van der Waals surface area contributed by atoms with Crippen LogP contribution in [0, 0.1) is 0 Å². The van der Waals surface area contributed by atoms with Gasteiger partial charge in [0.25, 0.3) is 0 Å². The lowest BCUT2D eigenvalue weighted by Gasteiger charge is -2.09. The number of phenolic OH excluding ortho intramolecular Hbond substituents is 2. The predicted molar refractivity (Wildman–Crippen MR) is 64.5 cm³/mol. The Morgan fingerprint density at radius 1 is 1.29 bits per heavy atom. The molecule has 4 nitrogen and oxygen atoms in total. The molecule has 0 saturated heterocycles. The SMILES string of the molecule is CC[C@H](C)c1cc(=O)c2c(O)cc(O)cc2o1. The molecule has 0 amide bonds. The summed E-state index contributed by atoms with van der Waals surface area (Å²) in [6, 6.07) is 3.86. The Hall–Kier alpha value is -1.97. The topological polar surface area (TPSA) is 70.7 Å². The van der Waals surface area contributed by atoms with Gasteiger partial charge < -0.3 is 14.6 Å². The Labute approximate surface area is 98.1 Å². The fraction of sp³-hybridized carbons (Fsp3) is 0.308. The molecule has 0 fully saturated rings. The van der Waals surface area contributed by atoms with Crippen LogP contribution in [0.2, 0.25) is 0 Å². The first-order valence-electron chi connectivity index (χ1n) is 5.52. The maximum atomic E-state index is 11.9. The van der Waals surface area contributed by atoms with Crippen molar-refractivity contribution in [3.8, 4) is 11.5 Å². The fourth-order valence-electron chi connectivity index (χ4n) is 1.72. The zero-order valence-corrected chi connectivity index (χ0v) is 9.73. The van der Waals surface area contributed by atoms with Crippen LogP contribution in [0.25, 0.3) is 11.0 Å². The second kappa shape index (κ2) is 4.13. The normalized spacial score (nSPS) is 12.8. The van der Waals surface area contributed by atoms with Crippen molar-refractivity contribution in [3.05, 3.63) is 34.2 Å². The summed E-state index contributed by atoms with van der Waals surface area (Å²) in [5, 5.41) is 19.1. The van der Waals surface area contributed by atoms with Crippen molar-refractivity contribution in [3.63, 3.8) is 0 Å². The molecule has 0 unspecified atom stereocenters. The minimum absolute atomic E-state index is 0.106. The molecule has 4 heteroatoms. The van der Waals surface area contributed by atoms with Gasteiger partial charge in [-0.3, -0.25) is 4.79 Å². The van der Waals surface area contributed by atoms with Gasteiger partial charge in [0, 0.05) is 24.1 Å². The van der Waals surface area contributed by atoms with Crippen molar-refractivity contribution in [2.24, 2.45) is 0 Å². The maximum Gasteiger partial charge on any atom is 0.196 e. The van der Waals surface area contributed by atoms with Crippen LogP contribution in [0.1, 0.15) is 31.9 Å². The summed E-state index contributed by atoms with van der Waals surface area (Å²) in [6.07, 6.45) is 0.846. The molecule has 2 N–H and O–H groups in total. The maximum absolute atomic E-state index is 11.9. The number of hydrogen-bond donors (Lipinski definition) is 2. The van der Waals surface area contributed by atoms with Gasteiger partial charge in [0.1, 0.15) is 28.2 Å². The predicted octanol–water partition coefficient (Wildman–Crippen LogP) is 2.72. The number of fused-ring (bicyclic) bond motifs is 1. The van der Waals surface area contributed by atoms with E-state index in [4.69, 9.17) is 4.42 Å². The molecular weight excluding hydrogens is 220 g/mol. The van der Waals surface area contributed by atoms with E-state index in [2.05, 4.69) is 0 Å². The molecule has 0 saturated carbocycles. The van der Waals surface area contributed by atoms with Crippen LogP contribution >= 0.6 is 0 Å². The second-order valence-electron chi connectivity index (χ2n) is 4.16. The Balaban J connectivity index is 2.78. The summed E-state index contributed by atoms with van der Waals surface area (Å²) in [5.74, 6) is 0.301. The standard InChI is InChI=1S/C13H14O4/c1-3-7(2)11-6-10(16)13-9(15)4-8(14)5-12(13)17-11/h4-7,14-15H,3H2,1-2H3/t7-/m0/s1. The van der Waals surface area contributed by atoms with Gasteiger partial charge in [0.05, 0.1) is 0 Å². The van der Waals surface area contributed by atoms with Gasteiger partial charge in [-0.15, -0.1) is 0 Å². The fourth-order valence-corrected chi connectivity index (χ4v) is 1.72. The Bertz CT molecular complexity index is 613. The van der Waals surface area contributed by atoms with Crippen molar-refractivity contribution in [1.82, 2.24) is 0 Å². The van der Waals surface area contributed by atoms with Crippen molar-refractivity contribution >= 4 is 11.0 Å². The summed E-state index contributed by atoms with van der Waals surface area (Å²) < 4.78 is 5.54. The largest absolute Gasteiger partial charge is 0.508 e. The molecule has 0 radical (unpaired) electrons. The van der Waals surface area contributed by atoms with Crippen molar-refractivity contribution in [2.75, 3.05) is 0 Å². The van der Waals surface area contributed by atoms with Crippen molar-refractivity contribution in [2.45, 2.75) is 26.2 Å². The Morgan fingerprint density at radius 2 is 2.00 bits per heavy atom. The van der Waals surface area contributed by atoms with Gasteiger partial charge in [0.2, 0.25) is 0 Å². The lowest BCUT2D eigenvalue weighted by atomic mass is 10.0. The Morgan fingerprint density at radius 3 is 2.65 bits per heavy atom. The summed E-state index contributed by atoms with van der Waals surface area (Å²) in [5.41, 5.74) is -0.0793. The van der Waals surface area contributed by atoms with E-state index in [0.717, 1.165) is 12.5 Å². The molecule has 2 aromatic rings. The van der Waals surface area contributed by atoms with E-state index >= 15 is 0 Å². The van der Waals surface area contributed by atoms with E-state index in [0.29, 0.717) is 5.76 Å². The third-order valence-electron chi connectivity index (χ3n) is 2.91. The third kappa shape index (κ3) is 1.98. The summed E-state index contributed by atoms with van der Waals surface area (Å²) in [4.78, 5) is 11.9. The third-order valence-corrected chi connectivity index (χ3v) is 2.91. The molecule has 0 aliphatic rings. The lowest BCUT2D eigenvalue weighted by Crippen LogP contribution is -2.04. The van der Waals surface area contributed by atoms with Crippen LogP contribution < -0.4 is 5.43 Å². The number of phenols is 2. The van der Waals surface area contributed by atoms with E-state index in [1.807, 2.05) is 13.8 Å². The van der Waals surface area contributed by atoms with Gasteiger partial charge in [-0.1, -0.05) is 13.8 Å². The number of aromatic hydroxyl groups is 2. The molecule has 17 heavy (non-hydrogen) atoms. The summed E-state index contributed by atoms with van der Waals surface area (Å²) in [6.45, 7) is 3.95. The molecule has 2 rings (SSSR count). The highest BCUT2D eigenvalue weighted by Gasteiger charge is 2.13. The van der Waals surface area contributed by atoms with Gasteiger partial charge in [-0.05, 0) is 6.42 Å². The highest BCUT2D eigenvalue weighted by atomic mass is 16.3. The van der Waals surface area contributed by atoms with E-state index < -0.39 is 0 Å². The number of rotatable bonds is 2. The zero-order chi connectivity index (χ0) is 12.6. The molecule has 1 heterocycles. The molecule has 1 aromatic carbocycles. The van der Waals surface area contributed by atoms with E-state index in [9.17, 15) is 15.0 Å². The van der Waals surface area contributed by atoms with Crippen LogP contribution in [0.4, 0.5) is 0 Å². The minimum Gasteiger partial charge on any atom is -0.508 e. The lowest BCUT2D eigenvalue weighted by molar-refractivity contribution is 0.446. The van der Waals surface area contributed by atoms with Crippen LogP contribution in [-0.4, -0.2) is 10.2 Å².